The van der Waals surface area contributed by atoms with E-state index in [1.54, 1.807) is 4.57 Å². The molecule has 170 valence electrons. The molecule has 0 spiro atoms. The standard InChI is InChI=1S/C25H26N4O3S/c1-14-7-4-5-9-18(14)28-23(30)21-16(3)27-25-29(22(21)19-11-10-15(2)32-19)24(31)20(33-25)13-17-8-6-12-26-17/h4-5,7,9-11,13,17,22,26H,6,8,12H2,1-3H3,(H,28,30)/b20-13+. The van der Waals surface area contributed by atoms with Gasteiger partial charge < -0.3 is 15.1 Å². The van der Waals surface area contributed by atoms with E-state index in [-0.39, 0.29) is 17.5 Å². The summed E-state index contributed by atoms with van der Waals surface area (Å²) in [6.45, 7) is 6.56. The van der Waals surface area contributed by atoms with Gasteiger partial charge in [0, 0.05) is 11.7 Å². The largest absolute Gasteiger partial charge is 0.464 e. The molecule has 0 saturated carbocycles. The number of allylic oxidation sites excluding steroid dienone is 1. The average molecular weight is 463 g/mol. The number of thiazole rings is 1. The number of nitrogens with zero attached hydrogens (tertiary/aromatic N) is 2. The second-order valence-corrected chi connectivity index (χ2v) is 9.53. The monoisotopic (exact) mass is 462 g/mol. The van der Waals surface area contributed by atoms with Gasteiger partial charge in [-0.1, -0.05) is 29.5 Å². The Hall–Kier alpha value is -3.23. The molecule has 0 aliphatic carbocycles. The molecule has 0 bridgehead atoms. The number of anilines is 1. The molecule has 2 unspecified atom stereocenters. The third kappa shape index (κ3) is 4.00. The Labute approximate surface area is 195 Å². The third-order valence-corrected chi connectivity index (χ3v) is 7.14. The van der Waals surface area contributed by atoms with E-state index in [9.17, 15) is 9.59 Å². The van der Waals surface area contributed by atoms with Crippen molar-refractivity contribution in [2.24, 2.45) is 4.99 Å². The minimum absolute atomic E-state index is 0.153. The molecule has 33 heavy (non-hydrogen) atoms. The van der Waals surface area contributed by atoms with Crippen LogP contribution in [0.3, 0.4) is 0 Å². The van der Waals surface area contributed by atoms with Crippen LogP contribution in [0.25, 0.3) is 6.08 Å². The van der Waals surface area contributed by atoms with Crippen molar-refractivity contribution in [1.29, 1.82) is 0 Å². The number of benzene rings is 1. The maximum absolute atomic E-state index is 13.5. The summed E-state index contributed by atoms with van der Waals surface area (Å²) in [4.78, 5) is 32.3. The number of carbonyl (C=O) groups is 1. The van der Waals surface area contributed by atoms with E-state index < -0.39 is 6.04 Å². The van der Waals surface area contributed by atoms with Gasteiger partial charge in [0.25, 0.3) is 11.5 Å². The second kappa shape index (κ2) is 8.61. The Morgan fingerprint density at radius 3 is 2.76 bits per heavy atom. The molecule has 1 aromatic carbocycles. The fourth-order valence-electron chi connectivity index (χ4n) is 4.43. The molecule has 8 heteroatoms. The lowest BCUT2D eigenvalue weighted by atomic mass is 10.00. The topological polar surface area (TPSA) is 88.6 Å². The van der Waals surface area contributed by atoms with E-state index in [1.165, 1.54) is 11.3 Å². The summed E-state index contributed by atoms with van der Waals surface area (Å²) in [5, 5.41) is 6.41. The number of fused-ring (bicyclic) bond motifs is 1. The van der Waals surface area contributed by atoms with Crippen molar-refractivity contribution in [2.45, 2.75) is 45.7 Å². The van der Waals surface area contributed by atoms with E-state index in [4.69, 9.17) is 4.42 Å². The number of carbonyl (C=O) groups excluding carboxylic acids is 1. The van der Waals surface area contributed by atoms with Gasteiger partial charge in [0.05, 0.1) is 15.8 Å². The molecule has 3 aromatic rings. The quantitative estimate of drug-likeness (QED) is 0.624. The van der Waals surface area contributed by atoms with Gasteiger partial charge in [0.1, 0.15) is 17.6 Å². The highest BCUT2D eigenvalue weighted by Crippen LogP contribution is 2.32. The number of amides is 1. The van der Waals surface area contributed by atoms with Crippen LogP contribution in [0.2, 0.25) is 0 Å². The SMILES string of the molecule is CC1=C(C(=O)Nc2ccccc2C)C(c2ccc(C)o2)n2c(s/c(=C/C3CCCN3)c2=O)=N1. The summed E-state index contributed by atoms with van der Waals surface area (Å²) < 4.78 is 8.18. The predicted molar refractivity (Wildman–Crippen MR) is 129 cm³/mol. The first-order chi connectivity index (χ1) is 15.9. The fourth-order valence-corrected chi connectivity index (χ4v) is 5.52. The number of hydrogen-bond acceptors (Lipinski definition) is 6. The highest BCUT2D eigenvalue weighted by atomic mass is 32.1. The van der Waals surface area contributed by atoms with Crippen LogP contribution in [0.1, 0.15) is 42.9 Å². The number of aryl methyl sites for hydroxylation is 2. The van der Waals surface area contributed by atoms with Crippen LogP contribution in [0.4, 0.5) is 5.69 Å². The van der Waals surface area contributed by atoms with Gasteiger partial charge in [0.15, 0.2) is 4.80 Å². The molecule has 1 fully saturated rings. The van der Waals surface area contributed by atoms with Crippen LogP contribution >= 0.6 is 11.3 Å². The van der Waals surface area contributed by atoms with Crippen molar-refractivity contribution < 1.29 is 9.21 Å². The summed E-state index contributed by atoms with van der Waals surface area (Å²) in [5.41, 5.74) is 2.51. The lowest BCUT2D eigenvalue weighted by molar-refractivity contribution is -0.113. The number of hydrogen-bond donors (Lipinski definition) is 2. The van der Waals surface area contributed by atoms with Gasteiger partial charge in [-0.15, -0.1) is 0 Å². The molecule has 2 atom stereocenters. The van der Waals surface area contributed by atoms with Crippen LogP contribution in [-0.4, -0.2) is 23.1 Å². The molecular weight excluding hydrogens is 436 g/mol. The van der Waals surface area contributed by atoms with Crippen molar-refractivity contribution in [1.82, 2.24) is 9.88 Å². The normalized spacial score (nSPS) is 20.6. The van der Waals surface area contributed by atoms with Gasteiger partial charge in [-0.3, -0.25) is 14.2 Å². The number of furan rings is 1. The Kier molecular flexibility index (Phi) is 5.64. The minimum Gasteiger partial charge on any atom is -0.464 e. The van der Waals surface area contributed by atoms with E-state index in [0.29, 0.717) is 26.4 Å². The summed E-state index contributed by atoms with van der Waals surface area (Å²) in [6, 6.07) is 10.8. The van der Waals surface area contributed by atoms with Crippen molar-refractivity contribution in [2.75, 3.05) is 11.9 Å². The zero-order valence-electron chi connectivity index (χ0n) is 18.8. The highest BCUT2D eigenvalue weighted by Gasteiger charge is 2.34. The first-order valence-electron chi connectivity index (χ1n) is 11.1. The van der Waals surface area contributed by atoms with Gasteiger partial charge in [-0.25, -0.2) is 4.99 Å². The van der Waals surface area contributed by atoms with E-state index in [1.807, 2.05) is 63.2 Å². The summed E-state index contributed by atoms with van der Waals surface area (Å²) in [5.74, 6) is 0.968. The molecule has 4 heterocycles. The molecule has 7 nitrogen and oxygen atoms in total. The number of nitrogens with one attached hydrogen (secondary N) is 2. The van der Waals surface area contributed by atoms with E-state index in [2.05, 4.69) is 15.6 Å². The molecule has 2 aliphatic rings. The lowest BCUT2D eigenvalue weighted by Gasteiger charge is -2.23. The first-order valence-corrected chi connectivity index (χ1v) is 11.9. The van der Waals surface area contributed by atoms with Crippen molar-refractivity contribution in [3.63, 3.8) is 0 Å². The van der Waals surface area contributed by atoms with E-state index >= 15 is 0 Å². The Morgan fingerprint density at radius 2 is 2.06 bits per heavy atom. The van der Waals surface area contributed by atoms with Crippen LogP contribution in [0.5, 0.6) is 0 Å². The molecule has 2 N–H and O–H groups in total. The maximum atomic E-state index is 13.5. The Balaban J connectivity index is 1.64. The smallest absolute Gasteiger partial charge is 0.270 e. The lowest BCUT2D eigenvalue weighted by Crippen LogP contribution is -2.40. The van der Waals surface area contributed by atoms with E-state index in [0.717, 1.165) is 36.4 Å². The number of para-hydroxylation sites is 1. The van der Waals surface area contributed by atoms with Crippen molar-refractivity contribution >= 4 is 29.0 Å². The average Bonchev–Trinajstić information content (AvgIpc) is 3.51. The second-order valence-electron chi connectivity index (χ2n) is 8.52. The van der Waals surface area contributed by atoms with Gasteiger partial charge in [-0.05, 0) is 70.0 Å². The first kappa shape index (κ1) is 21.6. The molecule has 0 radical (unpaired) electrons. The van der Waals surface area contributed by atoms with Gasteiger partial charge in [0.2, 0.25) is 0 Å². The summed E-state index contributed by atoms with van der Waals surface area (Å²) in [6.07, 6.45) is 4.09. The number of aromatic nitrogens is 1. The third-order valence-electron chi connectivity index (χ3n) is 6.14. The Bertz CT molecular complexity index is 1440. The van der Waals surface area contributed by atoms with Crippen molar-refractivity contribution in [3.8, 4) is 0 Å². The summed E-state index contributed by atoms with van der Waals surface area (Å²) >= 11 is 1.36. The molecule has 2 aromatic heterocycles. The molecule has 2 aliphatic heterocycles. The zero-order chi connectivity index (χ0) is 23.1. The summed E-state index contributed by atoms with van der Waals surface area (Å²) in [7, 11) is 0. The highest BCUT2D eigenvalue weighted by molar-refractivity contribution is 7.07. The Morgan fingerprint density at radius 1 is 1.24 bits per heavy atom. The molecule has 1 amide bonds. The minimum atomic E-state index is -0.683. The molecule has 5 rings (SSSR count). The van der Waals surface area contributed by atoms with Crippen LogP contribution in [0.15, 0.2) is 61.9 Å². The van der Waals surface area contributed by atoms with Gasteiger partial charge in [-0.2, -0.15) is 0 Å². The predicted octanol–water partition coefficient (Wildman–Crippen LogP) is 2.79. The number of rotatable bonds is 4. The molecule has 1 saturated heterocycles. The van der Waals surface area contributed by atoms with Crippen molar-refractivity contribution in [3.05, 3.63) is 84.4 Å². The fraction of sp³-hybridized carbons (Fsp3) is 0.320. The van der Waals surface area contributed by atoms with Crippen LogP contribution in [0, 0.1) is 13.8 Å². The zero-order valence-corrected chi connectivity index (χ0v) is 19.7. The van der Waals surface area contributed by atoms with Gasteiger partial charge >= 0.3 is 0 Å². The maximum Gasteiger partial charge on any atom is 0.270 e. The molecular formula is C25H26N4O3S. The van der Waals surface area contributed by atoms with Crippen LogP contribution < -0.4 is 25.5 Å². The van der Waals surface area contributed by atoms with Crippen LogP contribution in [-0.2, 0) is 4.79 Å².